The Hall–Kier alpha value is -1.55. The Bertz CT molecular complexity index is 520. The third-order valence-electron chi connectivity index (χ3n) is 2.19. The molecule has 1 rings (SSSR count). The number of nitrogens with zero attached hydrogens (tertiary/aromatic N) is 1. The molecule has 1 aromatic carbocycles. The van der Waals surface area contributed by atoms with Gasteiger partial charge in [0.15, 0.2) is 5.78 Å². The van der Waals surface area contributed by atoms with Gasteiger partial charge in [-0.2, -0.15) is 18.4 Å². The molecule has 0 atom stereocenters. The molecule has 0 aromatic heterocycles. The van der Waals surface area contributed by atoms with Crippen molar-refractivity contribution >= 4 is 21.7 Å². The van der Waals surface area contributed by atoms with Crippen LogP contribution in [0.15, 0.2) is 12.1 Å². The number of ketones is 1. The van der Waals surface area contributed by atoms with E-state index in [1.807, 2.05) is 0 Å². The SMILES string of the molecule is COc1cc(C(F)(F)F)c(C(=O)CBr)cc1C#N. The lowest BCUT2D eigenvalue weighted by molar-refractivity contribution is -0.138. The van der Waals surface area contributed by atoms with Crippen molar-refractivity contribution in [2.24, 2.45) is 0 Å². The van der Waals surface area contributed by atoms with E-state index in [4.69, 9.17) is 10.00 Å². The Morgan fingerprint density at radius 3 is 2.50 bits per heavy atom. The molecule has 0 radical (unpaired) electrons. The number of carbonyl (C=O) groups excluding carboxylic acids is 1. The average Bonchev–Trinajstić information content (AvgIpc) is 2.34. The Morgan fingerprint density at radius 1 is 1.50 bits per heavy atom. The summed E-state index contributed by atoms with van der Waals surface area (Å²) in [5, 5.41) is 8.53. The number of halogens is 4. The van der Waals surface area contributed by atoms with Crippen LogP contribution in [0.1, 0.15) is 21.5 Å². The highest BCUT2D eigenvalue weighted by Crippen LogP contribution is 2.36. The number of carbonyl (C=O) groups is 1. The minimum Gasteiger partial charge on any atom is -0.495 e. The van der Waals surface area contributed by atoms with Crippen LogP contribution in [-0.2, 0) is 6.18 Å². The fourth-order valence-corrected chi connectivity index (χ4v) is 1.68. The van der Waals surface area contributed by atoms with Gasteiger partial charge in [0.2, 0.25) is 0 Å². The molecular formula is C11H7BrF3NO2. The predicted octanol–water partition coefficient (Wildman–Crippen LogP) is 3.16. The average molecular weight is 322 g/mol. The van der Waals surface area contributed by atoms with Gasteiger partial charge >= 0.3 is 6.18 Å². The van der Waals surface area contributed by atoms with E-state index in [2.05, 4.69) is 15.9 Å². The first-order valence-electron chi connectivity index (χ1n) is 4.63. The molecule has 96 valence electrons. The zero-order chi connectivity index (χ0) is 13.9. The van der Waals surface area contributed by atoms with E-state index in [1.54, 1.807) is 6.07 Å². The third kappa shape index (κ3) is 2.82. The summed E-state index contributed by atoms with van der Waals surface area (Å²) in [7, 11) is 1.16. The summed E-state index contributed by atoms with van der Waals surface area (Å²) in [6, 6.07) is 3.24. The van der Waals surface area contributed by atoms with Gasteiger partial charge in [-0.1, -0.05) is 15.9 Å². The number of nitriles is 1. The maximum absolute atomic E-state index is 12.8. The van der Waals surface area contributed by atoms with Crippen molar-refractivity contribution in [3.8, 4) is 11.8 Å². The first-order valence-corrected chi connectivity index (χ1v) is 5.75. The standard InChI is InChI=1S/C11H7BrF3NO2/c1-18-10-3-8(11(13,14)15)7(9(17)4-12)2-6(10)5-16/h2-3H,4H2,1H3. The molecule has 0 heterocycles. The fraction of sp³-hybridized carbons (Fsp3) is 0.273. The van der Waals surface area contributed by atoms with Gasteiger partial charge in [-0.05, 0) is 12.1 Å². The molecule has 0 aliphatic rings. The van der Waals surface area contributed by atoms with E-state index in [1.165, 1.54) is 0 Å². The van der Waals surface area contributed by atoms with Crippen LogP contribution in [0, 0.1) is 11.3 Å². The molecule has 1 aromatic rings. The zero-order valence-electron chi connectivity index (χ0n) is 9.14. The first-order chi connectivity index (χ1) is 8.35. The van der Waals surface area contributed by atoms with Crippen molar-refractivity contribution in [1.29, 1.82) is 5.26 Å². The topological polar surface area (TPSA) is 50.1 Å². The number of hydrogen-bond acceptors (Lipinski definition) is 3. The quantitative estimate of drug-likeness (QED) is 0.634. The third-order valence-corrected chi connectivity index (χ3v) is 2.70. The van der Waals surface area contributed by atoms with Gasteiger partial charge in [0, 0.05) is 5.56 Å². The van der Waals surface area contributed by atoms with E-state index in [0.717, 1.165) is 13.2 Å². The van der Waals surface area contributed by atoms with Crippen LogP contribution in [-0.4, -0.2) is 18.2 Å². The van der Waals surface area contributed by atoms with Crippen LogP contribution in [0.3, 0.4) is 0 Å². The monoisotopic (exact) mass is 321 g/mol. The van der Waals surface area contributed by atoms with Gasteiger partial charge < -0.3 is 4.74 Å². The maximum Gasteiger partial charge on any atom is 0.417 e. The summed E-state index contributed by atoms with van der Waals surface area (Å²) in [5.41, 5.74) is -1.77. The van der Waals surface area contributed by atoms with Gasteiger partial charge in [0.25, 0.3) is 0 Å². The molecule has 3 nitrogen and oxygen atoms in total. The highest BCUT2D eigenvalue weighted by Gasteiger charge is 2.36. The summed E-state index contributed by atoms with van der Waals surface area (Å²) in [5.74, 6) is -0.961. The minimum atomic E-state index is -4.69. The summed E-state index contributed by atoms with van der Waals surface area (Å²) in [6.45, 7) is 0. The van der Waals surface area contributed by atoms with Gasteiger partial charge in [0.05, 0.1) is 23.6 Å². The van der Waals surface area contributed by atoms with Crippen LogP contribution >= 0.6 is 15.9 Å². The van der Waals surface area contributed by atoms with E-state index in [0.29, 0.717) is 6.07 Å². The molecule has 0 saturated heterocycles. The second-order valence-corrected chi connectivity index (χ2v) is 3.83. The number of Topliss-reactive ketones (excluding diaryl/α,β-unsaturated/α-hetero) is 1. The lowest BCUT2D eigenvalue weighted by Crippen LogP contribution is -2.14. The Kier molecular flexibility index (Phi) is 4.35. The van der Waals surface area contributed by atoms with Crippen molar-refractivity contribution < 1.29 is 22.7 Å². The summed E-state index contributed by atoms with van der Waals surface area (Å²) in [4.78, 5) is 11.5. The Labute approximate surface area is 109 Å². The molecule has 7 heteroatoms. The molecule has 0 unspecified atom stereocenters. The molecule has 18 heavy (non-hydrogen) atoms. The molecule has 0 saturated carbocycles. The molecule has 0 N–H and O–H groups in total. The molecule has 0 spiro atoms. The molecular weight excluding hydrogens is 315 g/mol. The van der Waals surface area contributed by atoms with E-state index in [9.17, 15) is 18.0 Å². The highest BCUT2D eigenvalue weighted by molar-refractivity contribution is 9.09. The predicted molar refractivity (Wildman–Crippen MR) is 60.8 cm³/mol. The van der Waals surface area contributed by atoms with Gasteiger partial charge in [-0.25, -0.2) is 0 Å². The summed E-state index contributed by atoms with van der Waals surface area (Å²) < 4.78 is 43.1. The summed E-state index contributed by atoms with van der Waals surface area (Å²) >= 11 is 2.80. The molecule has 0 aliphatic heterocycles. The second kappa shape index (κ2) is 5.40. The molecule has 0 amide bonds. The normalized spacial score (nSPS) is 10.9. The van der Waals surface area contributed by atoms with Crippen molar-refractivity contribution in [1.82, 2.24) is 0 Å². The lowest BCUT2D eigenvalue weighted by atomic mass is 10.00. The van der Waals surface area contributed by atoms with Crippen molar-refractivity contribution in [2.45, 2.75) is 6.18 Å². The Balaban J connectivity index is 3.58. The molecule has 0 bridgehead atoms. The van der Waals surface area contributed by atoms with Crippen molar-refractivity contribution in [2.75, 3.05) is 12.4 Å². The number of ether oxygens (including phenoxy) is 1. The van der Waals surface area contributed by atoms with Crippen molar-refractivity contribution in [3.05, 3.63) is 28.8 Å². The number of alkyl halides is 4. The second-order valence-electron chi connectivity index (χ2n) is 3.26. The molecule has 0 aliphatic carbocycles. The number of benzene rings is 1. The largest absolute Gasteiger partial charge is 0.495 e. The van der Waals surface area contributed by atoms with E-state index < -0.39 is 23.1 Å². The van der Waals surface area contributed by atoms with Crippen LogP contribution in [0.4, 0.5) is 13.2 Å². The molecule has 0 fully saturated rings. The summed E-state index contributed by atoms with van der Waals surface area (Å²) in [6.07, 6.45) is -4.69. The number of methoxy groups -OCH3 is 1. The van der Waals surface area contributed by atoms with Crippen LogP contribution in [0.25, 0.3) is 0 Å². The van der Waals surface area contributed by atoms with Crippen LogP contribution < -0.4 is 4.74 Å². The zero-order valence-corrected chi connectivity index (χ0v) is 10.7. The van der Waals surface area contributed by atoms with Crippen LogP contribution in [0.5, 0.6) is 5.75 Å². The minimum absolute atomic E-state index is 0.116. The highest BCUT2D eigenvalue weighted by atomic mass is 79.9. The number of rotatable bonds is 3. The first kappa shape index (κ1) is 14.5. The van der Waals surface area contributed by atoms with Crippen molar-refractivity contribution in [3.63, 3.8) is 0 Å². The lowest BCUT2D eigenvalue weighted by Gasteiger charge is -2.14. The van der Waals surface area contributed by atoms with Gasteiger partial charge in [-0.15, -0.1) is 0 Å². The van der Waals surface area contributed by atoms with Gasteiger partial charge in [0.1, 0.15) is 11.8 Å². The Morgan fingerprint density at radius 2 is 2.11 bits per heavy atom. The number of hydrogen-bond donors (Lipinski definition) is 0. The van der Waals surface area contributed by atoms with Gasteiger partial charge in [-0.3, -0.25) is 4.79 Å². The maximum atomic E-state index is 12.8. The smallest absolute Gasteiger partial charge is 0.417 e. The van der Waals surface area contributed by atoms with E-state index in [-0.39, 0.29) is 16.6 Å². The van der Waals surface area contributed by atoms with E-state index >= 15 is 0 Å². The van der Waals surface area contributed by atoms with Crippen LogP contribution in [0.2, 0.25) is 0 Å². The fourth-order valence-electron chi connectivity index (χ4n) is 1.37.